The van der Waals surface area contributed by atoms with Crippen molar-refractivity contribution in [1.29, 1.82) is 0 Å². The lowest BCUT2D eigenvalue weighted by Gasteiger charge is -2.09. The van der Waals surface area contributed by atoms with Gasteiger partial charge in [-0.2, -0.15) is 13.2 Å². The Bertz CT molecular complexity index is 853. The summed E-state index contributed by atoms with van der Waals surface area (Å²) < 4.78 is 52.3. The van der Waals surface area contributed by atoms with Gasteiger partial charge < -0.3 is 4.57 Å². The Morgan fingerprint density at radius 3 is 2.42 bits per heavy atom. The quantitative estimate of drug-likeness (QED) is 0.682. The highest BCUT2D eigenvalue weighted by atomic mass is 19.4. The zero-order valence-electron chi connectivity index (χ0n) is 12.5. The normalized spacial score (nSPS) is 11.7. The molecule has 0 aliphatic rings. The second-order valence-corrected chi connectivity index (χ2v) is 5.30. The van der Waals surface area contributed by atoms with Gasteiger partial charge in [0.15, 0.2) is 0 Å². The summed E-state index contributed by atoms with van der Waals surface area (Å²) in [4.78, 5) is 11.0. The number of pyridine rings is 1. The number of hydrogen-bond donors (Lipinski definition) is 0. The predicted octanol–water partition coefficient (Wildman–Crippen LogP) is 3.85. The van der Waals surface area contributed by atoms with E-state index in [2.05, 4.69) is 15.0 Å². The lowest BCUT2D eigenvalue weighted by molar-refractivity contribution is -0.144. The highest BCUT2D eigenvalue weighted by Gasteiger charge is 2.34. The molecule has 0 aromatic carbocycles. The first-order valence-corrected chi connectivity index (χ1v) is 7.00. The Labute approximate surface area is 134 Å². The average molecular weight is 336 g/mol. The van der Waals surface area contributed by atoms with Gasteiger partial charge in [0, 0.05) is 42.6 Å². The van der Waals surface area contributed by atoms with E-state index in [4.69, 9.17) is 0 Å². The minimum absolute atomic E-state index is 0.336. The molecule has 0 saturated heterocycles. The largest absolute Gasteiger partial charge is 0.451 e. The summed E-state index contributed by atoms with van der Waals surface area (Å²) in [7, 11) is 0. The van der Waals surface area contributed by atoms with Crippen molar-refractivity contribution < 1.29 is 17.6 Å². The molecule has 124 valence electrons. The van der Waals surface area contributed by atoms with Crippen LogP contribution in [0.15, 0.2) is 43.0 Å². The van der Waals surface area contributed by atoms with Crippen molar-refractivity contribution in [3.8, 4) is 11.3 Å². The third kappa shape index (κ3) is 3.58. The number of halogens is 4. The third-order valence-corrected chi connectivity index (χ3v) is 3.29. The summed E-state index contributed by atoms with van der Waals surface area (Å²) in [6.07, 6.45) is 0.568. The molecule has 3 aromatic rings. The Hall–Kier alpha value is -2.77. The van der Waals surface area contributed by atoms with Crippen molar-refractivity contribution >= 4 is 0 Å². The first kappa shape index (κ1) is 16.1. The van der Waals surface area contributed by atoms with Gasteiger partial charge in [-0.15, -0.1) is 0 Å². The topological polar surface area (TPSA) is 43.6 Å². The van der Waals surface area contributed by atoms with Crippen molar-refractivity contribution in [3.63, 3.8) is 0 Å². The first-order valence-electron chi connectivity index (χ1n) is 7.00. The van der Waals surface area contributed by atoms with Crippen molar-refractivity contribution in [2.24, 2.45) is 0 Å². The van der Waals surface area contributed by atoms with Crippen LogP contribution in [0.1, 0.15) is 17.1 Å². The van der Waals surface area contributed by atoms with E-state index in [1.165, 1.54) is 12.3 Å². The molecule has 0 saturated carbocycles. The van der Waals surface area contributed by atoms with E-state index in [1.54, 1.807) is 23.8 Å². The van der Waals surface area contributed by atoms with Gasteiger partial charge in [0.05, 0.1) is 5.69 Å². The lowest BCUT2D eigenvalue weighted by atomic mass is 10.1. The fraction of sp³-hybridized carbons (Fsp3) is 0.188. The molecule has 4 nitrogen and oxygen atoms in total. The number of rotatable bonds is 3. The highest BCUT2D eigenvalue weighted by molar-refractivity contribution is 5.58. The molecule has 0 spiro atoms. The summed E-state index contributed by atoms with van der Waals surface area (Å²) in [5.74, 6) is -1.53. The van der Waals surface area contributed by atoms with Crippen LogP contribution in [0.2, 0.25) is 0 Å². The van der Waals surface area contributed by atoms with Gasteiger partial charge >= 0.3 is 6.18 Å². The fourth-order valence-corrected chi connectivity index (χ4v) is 2.31. The predicted molar refractivity (Wildman–Crippen MR) is 78.5 cm³/mol. The number of aromatic nitrogens is 4. The molecule has 0 radical (unpaired) electrons. The van der Waals surface area contributed by atoms with Crippen LogP contribution in [0.25, 0.3) is 11.3 Å². The van der Waals surface area contributed by atoms with Crippen LogP contribution in [-0.2, 0) is 12.7 Å². The van der Waals surface area contributed by atoms with E-state index in [0.29, 0.717) is 23.5 Å². The summed E-state index contributed by atoms with van der Waals surface area (Å²) >= 11 is 0. The van der Waals surface area contributed by atoms with Gasteiger partial charge in [-0.3, -0.25) is 4.98 Å². The van der Waals surface area contributed by atoms with E-state index < -0.39 is 12.0 Å². The van der Waals surface area contributed by atoms with Gasteiger partial charge in [-0.1, -0.05) is 0 Å². The van der Waals surface area contributed by atoms with Gasteiger partial charge in [0.25, 0.3) is 0 Å². The molecule has 0 amide bonds. The summed E-state index contributed by atoms with van der Waals surface area (Å²) in [5.41, 5.74) is 2.38. The zero-order valence-corrected chi connectivity index (χ0v) is 12.5. The smallest absolute Gasteiger partial charge is 0.347 e. The van der Waals surface area contributed by atoms with Crippen molar-refractivity contribution in [1.82, 2.24) is 19.5 Å². The van der Waals surface area contributed by atoms with Crippen LogP contribution in [0.4, 0.5) is 17.6 Å². The maximum atomic E-state index is 13.0. The Balaban J connectivity index is 1.91. The monoisotopic (exact) mass is 336 g/mol. The molecule has 8 heteroatoms. The van der Waals surface area contributed by atoms with E-state index in [1.807, 2.05) is 6.07 Å². The molecule has 0 bridgehead atoms. The van der Waals surface area contributed by atoms with E-state index in [-0.39, 0.29) is 5.82 Å². The standard InChI is InChI=1S/C16H12F4N4/c1-10-4-11(8-24-3-2-13(17)9-24)5-14(23-10)12-6-21-15(22-7-12)16(18,19)20/h2-7,9H,8H2,1H3. The Kier molecular flexibility index (Phi) is 4.04. The average Bonchev–Trinajstić information content (AvgIpc) is 2.91. The van der Waals surface area contributed by atoms with Gasteiger partial charge in [0.1, 0.15) is 5.82 Å². The van der Waals surface area contributed by atoms with Crippen molar-refractivity contribution in [2.45, 2.75) is 19.6 Å². The van der Waals surface area contributed by atoms with Crippen LogP contribution >= 0.6 is 0 Å². The lowest BCUT2D eigenvalue weighted by Crippen LogP contribution is -2.10. The Morgan fingerprint density at radius 2 is 1.83 bits per heavy atom. The van der Waals surface area contributed by atoms with Gasteiger partial charge in [0.2, 0.25) is 5.82 Å². The van der Waals surface area contributed by atoms with E-state index in [0.717, 1.165) is 18.0 Å². The molecule has 24 heavy (non-hydrogen) atoms. The number of hydrogen-bond acceptors (Lipinski definition) is 3. The number of alkyl halides is 3. The minimum Gasteiger partial charge on any atom is -0.347 e. The van der Waals surface area contributed by atoms with Crippen LogP contribution in [0.3, 0.4) is 0 Å². The van der Waals surface area contributed by atoms with Gasteiger partial charge in [-0.05, 0) is 30.7 Å². The highest BCUT2D eigenvalue weighted by Crippen LogP contribution is 2.27. The van der Waals surface area contributed by atoms with Crippen molar-refractivity contribution in [2.75, 3.05) is 0 Å². The molecular weight excluding hydrogens is 324 g/mol. The molecule has 0 atom stereocenters. The molecule has 0 aliphatic heterocycles. The maximum absolute atomic E-state index is 13.0. The molecule has 0 aliphatic carbocycles. The Morgan fingerprint density at radius 1 is 1.12 bits per heavy atom. The second-order valence-electron chi connectivity index (χ2n) is 5.30. The maximum Gasteiger partial charge on any atom is 0.451 e. The first-order chi connectivity index (χ1) is 11.3. The molecule has 3 aromatic heterocycles. The SMILES string of the molecule is Cc1cc(Cn2ccc(F)c2)cc(-c2cnc(C(F)(F)F)nc2)n1. The van der Waals surface area contributed by atoms with E-state index >= 15 is 0 Å². The molecule has 0 unspecified atom stereocenters. The van der Waals surface area contributed by atoms with Crippen LogP contribution < -0.4 is 0 Å². The van der Waals surface area contributed by atoms with Crippen molar-refractivity contribution in [3.05, 3.63) is 65.9 Å². The number of nitrogens with zero attached hydrogens (tertiary/aromatic N) is 4. The molecular formula is C16H12F4N4. The number of aryl methyl sites for hydroxylation is 1. The van der Waals surface area contributed by atoms with Crippen LogP contribution in [0, 0.1) is 12.7 Å². The molecule has 3 heterocycles. The molecule has 3 rings (SSSR count). The minimum atomic E-state index is -4.58. The molecule has 0 fully saturated rings. The summed E-state index contributed by atoms with van der Waals surface area (Å²) in [6, 6.07) is 4.89. The van der Waals surface area contributed by atoms with Crippen LogP contribution in [0.5, 0.6) is 0 Å². The summed E-state index contributed by atoms with van der Waals surface area (Å²) in [6.45, 7) is 2.19. The van der Waals surface area contributed by atoms with E-state index in [9.17, 15) is 17.6 Å². The van der Waals surface area contributed by atoms with Crippen LogP contribution in [-0.4, -0.2) is 19.5 Å². The fourth-order valence-electron chi connectivity index (χ4n) is 2.31. The molecule has 0 N–H and O–H groups in total. The third-order valence-electron chi connectivity index (χ3n) is 3.29. The zero-order chi connectivity index (χ0) is 17.3. The summed E-state index contributed by atoms with van der Waals surface area (Å²) in [5, 5.41) is 0. The second kappa shape index (κ2) is 6.03. The van der Waals surface area contributed by atoms with Gasteiger partial charge in [-0.25, -0.2) is 14.4 Å².